The Morgan fingerprint density at radius 1 is 1.21 bits per heavy atom. The van der Waals surface area contributed by atoms with Gasteiger partial charge in [0.2, 0.25) is 0 Å². The van der Waals surface area contributed by atoms with E-state index in [0.29, 0.717) is 6.42 Å². The van der Waals surface area contributed by atoms with E-state index in [1.54, 1.807) is 0 Å². The summed E-state index contributed by atoms with van der Waals surface area (Å²) in [5.41, 5.74) is 1.16. The van der Waals surface area contributed by atoms with Gasteiger partial charge in [-0.15, -0.1) is 0 Å². The molecule has 0 aromatic heterocycles. The molecule has 0 aliphatic rings. The van der Waals surface area contributed by atoms with Crippen LogP contribution in [0.4, 0.5) is 0 Å². The molecule has 6 heteroatoms. The molecule has 1 unspecified atom stereocenters. The second-order valence-electron chi connectivity index (χ2n) is 4.59. The van der Waals surface area contributed by atoms with Crippen molar-refractivity contribution < 1.29 is 8.42 Å². The predicted molar refractivity (Wildman–Crippen MR) is 87.2 cm³/mol. The van der Waals surface area contributed by atoms with Crippen molar-refractivity contribution in [3.63, 3.8) is 0 Å². The summed E-state index contributed by atoms with van der Waals surface area (Å²) in [6, 6.07) is 6.31. The minimum absolute atomic E-state index is 0.181. The highest BCUT2D eigenvalue weighted by molar-refractivity contribution is 9.11. The van der Waals surface area contributed by atoms with Crippen LogP contribution in [-0.2, 0) is 9.84 Å². The average Bonchev–Trinajstić information content (AvgIpc) is 2.25. The molecule has 19 heavy (non-hydrogen) atoms. The minimum atomic E-state index is -2.88. The summed E-state index contributed by atoms with van der Waals surface area (Å²) in [7, 11) is -2.88. The van der Waals surface area contributed by atoms with Crippen molar-refractivity contribution in [1.29, 1.82) is 0 Å². The number of hydrogen-bond donors (Lipinski definition) is 1. The van der Waals surface area contributed by atoms with E-state index < -0.39 is 9.84 Å². The Kier molecular flexibility index (Phi) is 7.00. The van der Waals surface area contributed by atoms with Gasteiger partial charge in [-0.1, -0.05) is 38.8 Å². The molecule has 0 radical (unpaired) electrons. The van der Waals surface area contributed by atoms with Gasteiger partial charge >= 0.3 is 0 Å². The quantitative estimate of drug-likeness (QED) is 0.742. The number of nitrogens with one attached hydrogen (secondary N) is 1. The van der Waals surface area contributed by atoms with Gasteiger partial charge in [0, 0.05) is 27.0 Å². The molecule has 0 amide bonds. The lowest BCUT2D eigenvalue weighted by Crippen LogP contribution is -2.21. The molecule has 0 fully saturated rings. The van der Waals surface area contributed by atoms with Crippen LogP contribution in [-0.4, -0.2) is 27.0 Å². The Hall–Kier alpha value is 0.0900. The molecule has 1 rings (SSSR count). The number of hydrogen-bond acceptors (Lipinski definition) is 3. The van der Waals surface area contributed by atoms with Crippen LogP contribution in [0.3, 0.4) is 0 Å². The van der Waals surface area contributed by atoms with Crippen LogP contribution in [0.2, 0.25) is 0 Å². The molecular formula is C13H19Br2NO2S. The normalized spacial score (nSPS) is 13.5. The molecule has 0 saturated heterocycles. The molecular weight excluding hydrogens is 394 g/mol. The number of sulfone groups is 1. The first-order valence-electron chi connectivity index (χ1n) is 6.19. The van der Waals surface area contributed by atoms with E-state index in [9.17, 15) is 8.42 Å². The van der Waals surface area contributed by atoms with E-state index >= 15 is 0 Å². The lowest BCUT2D eigenvalue weighted by molar-refractivity contribution is 0.506. The molecule has 1 N–H and O–H groups in total. The first-order chi connectivity index (χ1) is 8.81. The topological polar surface area (TPSA) is 46.2 Å². The van der Waals surface area contributed by atoms with Crippen molar-refractivity contribution in [2.24, 2.45) is 0 Å². The second kappa shape index (κ2) is 7.76. The van der Waals surface area contributed by atoms with E-state index in [-0.39, 0.29) is 11.8 Å². The minimum Gasteiger partial charge on any atom is -0.310 e. The molecule has 1 atom stereocenters. The Morgan fingerprint density at radius 2 is 1.79 bits per heavy atom. The number of halogens is 2. The zero-order chi connectivity index (χ0) is 14.5. The summed E-state index contributed by atoms with van der Waals surface area (Å²) in [4.78, 5) is 0. The lowest BCUT2D eigenvalue weighted by atomic mass is 10.0. The molecule has 0 heterocycles. The highest BCUT2D eigenvalue weighted by Gasteiger charge is 2.13. The van der Waals surface area contributed by atoms with E-state index in [4.69, 9.17) is 0 Å². The molecule has 0 aliphatic heterocycles. The van der Waals surface area contributed by atoms with E-state index in [0.717, 1.165) is 27.5 Å². The van der Waals surface area contributed by atoms with Gasteiger partial charge in [-0.3, -0.25) is 0 Å². The van der Waals surface area contributed by atoms with Crippen LogP contribution in [0.15, 0.2) is 27.1 Å². The van der Waals surface area contributed by atoms with E-state index in [1.807, 2.05) is 6.07 Å². The monoisotopic (exact) mass is 411 g/mol. The first-order valence-corrected chi connectivity index (χ1v) is 9.83. The van der Waals surface area contributed by atoms with Gasteiger partial charge in [0.05, 0.1) is 0 Å². The maximum absolute atomic E-state index is 11.2. The standard InChI is InChI=1S/C13H19Br2NO2S/c1-3-16-13(5-4-6-19(2,17)18)10-7-11(14)9-12(15)8-10/h7-9,13,16H,3-6H2,1-2H3. The van der Waals surface area contributed by atoms with Crippen molar-refractivity contribution in [3.8, 4) is 0 Å². The van der Waals surface area contributed by atoms with Crippen LogP contribution in [0.5, 0.6) is 0 Å². The fraction of sp³-hybridized carbons (Fsp3) is 0.538. The zero-order valence-corrected chi connectivity index (χ0v) is 15.1. The molecule has 0 saturated carbocycles. The summed E-state index contributed by atoms with van der Waals surface area (Å²) in [6.45, 7) is 2.91. The first kappa shape index (κ1) is 17.1. The maximum atomic E-state index is 11.2. The Labute approximate surface area is 132 Å². The largest absolute Gasteiger partial charge is 0.310 e. The van der Waals surface area contributed by atoms with Crippen LogP contribution in [0.25, 0.3) is 0 Å². The average molecular weight is 413 g/mol. The Bertz CT molecular complexity index is 497. The smallest absolute Gasteiger partial charge is 0.147 e. The molecule has 0 aliphatic carbocycles. The molecule has 108 valence electrons. The number of benzene rings is 1. The molecule has 1 aromatic carbocycles. The summed E-state index contributed by atoms with van der Waals surface area (Å²) in [6.07, 6.45) is 2.76. The molecule has 0 spiro atoms. The fourth-order valence-corrected chi connectivity index (χ4v) is 3.98. The van der Waals surface area contributed by atoms with E-state index in [1.165, 1.54) is 6.26 Å². The fourth-order valence-electron chi connectivity index (χ4n) is 1.96. The Balaban J connectivity index is 2.76. The maximum Gasteiger partial charge on any atom is 0.147 e. The van der Waals surface area contributed by atoms with Gasteiger partial charge in [0.15, 0.2) is 0 Å². The number of rotatable bonds is 7. The highest BCUT2D eigenvalue weighted by atomic mass is 79.9. The van der Waals surface area contributed by atoms with Gasteiger partial charge in [-0.2, -0.15) is 0 Å². The van der Waals surface area contributed by atoms with Crippen LogP contribution >= 0.6 is 31.9 Å². The van der Waals surface area contributed by atoms with Crippen molar-refractivity contribution in [2.75, 3.05) is 18.6 Å². The SMILES string of the molecule is CCNC(CCCS(C)(=O)=O)c1cc(Br)cc(Br)c1. The van der Waals surface area contributed by atoms with Gasteiger partial charge in [0.25, 0.3) is 0 Å². The third-order valence-electron chi connectivity index (χ3n) is 2.75. The zero-order valence-electron chi connectivity index (χ0n) is 11.1. The van der Waals surface area contributed by atoms with Crippen molar-refractivity contribution in [2.45, 2.75) is 25.8 Å². The predicted octanol–water partition coefficient (Wildman–Crippen LogP) is 3.69. The summed E-state index contributed by atoms with van der Waals surface area (Å²) in [5, 5.41) is 3.40. The summed E-state index contributed by atoms with van der Waals surface area (Å²) in [5.74, 6) is 0.240. The van der Waals surface area contributed by atoms with Gasteiger partial charge < -0.3 is 5.32 Å². The molecule has 0 bridgehead atoms. The third kappa shape index (κ3) is 6.88. The van der Waals surface area contributed by atoms with Gasteiger partial charge in [-0.05, 0) is 43.1 Å². The van der Waals surface area contributed by atoms with E-state index in [2.05, 4.69) is 56.2 Å². The Morgan fingerprint density at radius 3 is 2.26 bits per heavy atom. The van der Waals surface area contributed by atoms with Gasteiger partial charge in [0.1, 0.15) is 9.84 Å². The van der Waals surface area contributed by atoms with Crippen LogP contribution in [0, 0.1) is 0 Å². The van der Waals surface area contributed by atoms with Crippen molar-refractivity contribution in [1.82, 2.24) is 5.32 Å². The summed E-state index contributed by atoms with van der Waals surface area (Å²) >= 11 is 6.96. The van der Waals surface area contributed by atoms with Gasteiger partial charge in [-0.25, -0.2) is 8.42 Å². The third-order valence-corrected chi connectivity index (χ3v) is 4.69. The summed E-state index contributed by atoms with van der Waals surface area (Å²) < 4.78 is 24.4. The second-order valence-corrected chi connectivity index (χ2v) is 8.68. The van der Waals surface area contributed by atoms with Crippen LogP contribution in [0.1, 0.15) is 31.4 Å². The highest BCUT2D eigenvalue weighted by Crippen LogP contribution is 2.26. The van der Waals surface area contributed by atoms with Crippen molar-refractivity contribution in [3.05, 3.63) is 32.7 Å². The lowest BCUT2D eigenvalue weighted by Gasteiger charge is -2.19. The van der Waals surface area contributed by atoms with Crippen molar-refractivity contribution >= 4 is 41.7 Å². The molecule has 1 aromatic rings. The molecule has 3 nitrogen and oxygen atoms in total. The van der Waals surface area contributed by atoms with Crippen LogP contribution < -0.4 is 5.32 Å².